The van der Waals surface area contributed by atoms with Gasteiger partial charge in [-0.05, 0) is 62.3 Å². The van der Waals surface area contributed by atoms with Gasteiger partial charge in [-0.1, -0.05) is 52.4 Å². The highest BCUT2D eigenvalue weighted by atomic mass is 19.3. The number of epoxide rings is 1. The van der Waals surface area contributed by atoms with Crippen LogP contribution in [0.25, 0.3) is 11.3 Å². The first-order chi connectivity index (χ1) is 19.8. The van der Waals surface area contributed by atoms with Crippen LogP contribution in [0.4, 0.5) is 22.0 Å². The number of benzene rings is 1. The molecule has 2 aliphatic rings. The molecule has 2 aromatic rings. The van der Waals surface area contributed by atoms with E-state index in [1.807, 2.05) is 0 Å². The molecule has 1 saturated heterocycles. The van der Waals surface area contributed by atoms with E-state index in [9.17, 15) is 4.39 Å². The molecule has 2 heterocycles. The van der Waals surface area contributed by atoms with Crippen LogP contribution >= 0.6 is 0 Å². The van der Waals surface area contributed by atoms with Gasteiger partial charge in [-0.15, -0.1) is 0 Å². The van der Waals surface area contributed by atoms with Gasteiger partial charge in [0.25, 0.3) is 5.92 Å². The molecule has 1 fully saturated rings. The number of unbranched alkanes of at least 4 members (excludes halogenated alkanes) is 5. The second-order valence-electron chi connectivity index (χ2n) is 11.3. The van der Waals surface area contributed by atoms with E-state index in [2.05, 4.69) is 18.8 Å². The van der Waals surface area contributed by atoms with E-state index >= 15 is 17.6 Å². The number of hydrogen-bond acceptors (Lipinski definition) is 4. The maximum absolute atomic E-state index is 15.4. The predicted octanol–water partition coefficient (Wildman–Crippen LogP) is 8.92. The third-order valence-corrected chi connectivity index (χ3v) is 8.15. The predicted molar refractivity (Wildman–Crippen MR) is 148 cm³/mol. The monoisotopic (exact) mass is 583 g/mol. The summed E-state index contributed by atoms with van der Waals surface area (Å²) < 4.78 is 92.2. The molecule has 0 amide bonds. The summed E-state index contributed by atoms with van der Waals surface area (Å²) in [5.41, 5.74) is -1.16. The molecule has 228 valence electrons. The maximum Gasteiger partial charge on any atom is 0.280 e. The quantitative estimate of drug-likeness (QED) is 0.0807. The molecule has 1 aromatic carbocycles. The molecule has 0 spiro atoms. The van der Waals surface area contributed by atoms with E-state index in [-0.39, 0.29) is 60.6 Å². The fourth-order valence-electron chi connectivity index (χ4n) is 5.62. The van der Waals surface area contributed by atoms with Crippen LogP contribution in [0.5, 0.6) is 5.75 Å². The molecule has 3 unspecified atom stereocenters. The summed E-state index contributed by atoms with van der Waals surface area (Å²) in [5, 5.41) is 0. The first-order valence-electron chi connectivity index (χ1n) is 15.2. The van der Waals surface area contributed by atoms with Crippen molar-refractivity contribution in [1.82, 2.24) is 4.98 Å². The van der Waals surface area contributed by atoms with Crippen molar-refractivity contribution in [3.63, 3.8) is 0 Å². The second kappa shape index (κ2) is 14.8. The van der Waals surface area contributed by atoms with Crippen LogP contribution in [0.3, 0.4) is 0 Å². The number of aryl methyl sites for hydroxylation is 1. The average Bonchev–Trinajstić information content (AvgIpc) is 3.70. The Morgan fingerprint density at radius 3 is 2.41 bits per heavy atom. The Morgan fingerprint density at radius 1 is 0.902 bits per heavy atom. The number of ether oxygens (including phenoxy) is 3. The highest BCUT2D eigenvalue weighted by Gasteiger charge is 2.48. The van der Waals surface area contributed by atoms with Gasteiger partial charge in [-0.25, -0.2) is 18.2 Å². The largest absolute Gasteiger partial charge is 0.488 e. The minimum atomic E-state index is -3.39. The molecule has 4 rings (SSSR count). The van der Waals surface area contributed by atoms with E-state index in [1.165, 1.54) is 18.2 Å². The molecule has 1 aliphatic carbocycles. The van der Waals surface area contributed by atoms with Crippen LogP contribution in [0.15, 0.2) is 18.2 Å². The third kappa shape index (κ3) is 7.98. The molecule has 9 heteroatoms. The molecule has 0 bridgehead atoms. The Labute approximate surface area is 240 Å². The van der Waals surface area contributed by atoms with Crippen molar-refractivity contribution < 1.29 is 36.2 Å². The fraction of sp³-hybridized carbons (Fsp3) is 0.656. The smallest absolute Gasteiger partial charge is 0.280 e. The number of pyridine rings is 1. The van der Waals surface area contributed by atoms with Crippen molar-refractivity contribution in [2.75, 3.05) is 19.8 Å². The standard InChI is InChI=1S/C32H42F5NO3/c1-3-5-9-17-39-18-10-7-8-11-22-14-13-21-19-24(38-31(35)28(21)32(22,36)37)23-15-16-26(30(34)29(23)33)40-20-27-25(41-27)12-6-4-2/h15-16,19,22,25,27H,3-14,17-18,20H2,1-2H3. The number of nitrogens with zero attached hydrogens (tertiary/aromatic N) is 1. The zero-order valence-electron chi connectivity index (χ0n) is 24.1. The molecular formula is C32H42F5NO3. The molecule has 1 aromatic heterocycles. The summed E-state index contributed by atoms with van der Waals surface area (Å²) in [6.07, 6.45) is 9.02. The van der Waals surface area contributed by atoms with E-state index < -0.39 is 35.0 Å². The topological polar surface area (TPSA) is 43.9 Å². The van der Waals surface area contributed by atoms with Crippen molar-refractivity contribution in [2.45, 2.75) is 109 Å². The molecule has 0 N–H and O–H groups in total. The van der Waals surface area contributed by atoms with Gasteiger partial charge < -0.3 is 14.2 Å². The van der Waals surface area contributed by atoms with E-state index in [0.29, 0.717) is 13.0 Å². The van der Waals surface area contributed by atoms with Crippen molar-refractivity contribution >= 4 is 0 Å². The zero-order valence-corrected chi connectivity index (χ0v) is 24.1. The number of halogens is 5. The highest BCUT2D eigenvalue weighted by molar-refractivity contribution is 5.63. The summed E-state index contributed by atoms with van der Waals surface area (Å²) in [7, 11) is 0. The fourth-order valence-corrected chi connectivity index (χ4v) is 5.62. The van der Waals surface area contributed by atoms with Gasteiger partial charge in [0.2, 0.25) is 11.8 Å². The van der Waals surface area contributed by atoms with Gasteiger partial charge >= 0.3 is 0 Å². The van der Waals surface area contributed by atoms with Crippen molar-refractivity contribution in [3.8, 4) is 17.0 Å². The second-order valence-corrected chi connectivity index (χ2v) is 11.3. The molecule has 41 heavy (non-hydrogen) atoms. The number of hydrogen-bond donors (Lipinski definition) is 0. The summed E-state index contributed by atoms with van der Waals surface area (Å²) in [6, 6.07) is 3.74. The average molecular weight is 584 g/mol. The summed E-state index contributed by atoms with van der Waals surface area (Å²) >= 11 is 0. The van der Waals surface area contributed by atoms with Gasteiger partial charge in [0.15, 0.2) is 11.6 Å². The van der Waals surface area contributed by atoms with Gasteiger partial charge in [0, 0.05) is 24.7 Å². The Morgan fingerprint density at radius 2 is 1.66 bits per heavy atom. The van der Waals surface area contributed by atoms with E-state index in [0.717, 1.165) is 58.0 Å². The highest BCUT2D eigenvalue weighted by Crippen LogP contribution is 2.48. The Kier molecular flexibility index (Phi) is 11.4. The van der Waals surface area contributed by atoms with Crippen molar-refractivity contribution in [2.24, 2.45) is 5.92 Å². The molecule has 1 aliphatic heterocycles. The minimum Gasteiger partial charge on any atom is -0.488 e. The Balaban J connectivity index is 1.35. The lowest BCUT2D eigenvalue weighted by Gasteiger charge is -2.33. The van der Waals surface area contributed by atoms with Crippen LogP contribution in [0.2, 0.25) is 0 Å². The van der Waals surface area contributed by atoms with Gasteiger partial charge in [-0.3, -0.25) is 0 Å². The summed E-state index contributed by atoms with van der Waals surface area (Å²) in [5.74, 6) is -8.50. The van der Waals surface area contributed by atoms with Crippen LogP contribution in [-0.4, -0.2) is 37.0 Å². The first-order valence-corrected chi connectivity index (χ1v) is 15.2. The lowest BCUT2D eigenvalue weighted by Crippen LogP contribution is -2.33. The molecular weight excluding hydrogens is 541 g/mol. The van der Waals surface area contributed by atoms with Crippen molar-refractivity contribution in [3.05, 3.63) is 46.9 Å². The molecule has 4 nitrogen and oxygen atoms in total. The normalized spacial score (nSPS) is 21.1. The maximum atomic E-state index is 15.4. The van der Waals surface area contributed by atoms with E-state index in [1.54, 1.807) is 0 Å². The Bertz CT molecular complexity index is 1140. The van der Waals surface area contributed by atoms with E-state index in [4.69, 9.17) is 14.2 Å². The molecule has 3 atom stereocenters. The number of fused-ring (bicyclic) bond motifs is 1. The first kappa shape index (κ1) is 31.7. The number of alkyl halides is 2. The van der Waals surface area contributed by atoms with Crippen molar-refractivity contribution in [1.29, 1.82) is 0 Å². The summed E-state index contributed by atoms with van der Waals surface area (Å²) in [4.78, 5) is 3.66. The van der Waals surface area contributed by atoms with Crippen LogP contribution < -0.4 is 4.74 Å². The minimum absolute atomic E-state index is 0.0715. The zero-order chi connectivity index (χ0) is 29.4. The number of rotatable bonds is 17. The SMILES string of the molecule is CCCCCOCCCCCC1CCc2cc(-c3ccc(OCC4OC4CCCC)c(F)c3F)nc(F)c2C1(F)F. The molecule has 0 saturated carbocycles. The van der Waals surface area contributed by atoms with Crippen LogP contribution in [0, 0.1) is 23.5 Å². The van der Waals surface area contributed by atoms with Gasteiger partial charge in [-0.2, -0.15) is 8.78 Å². The number of aromatic nitrogens is 1. The third-order valence-electron chi connectivity index (χ3n) is 8.15. The van der Waals surface area contributed by atoms with Crippen LogP contribution in [0.1, 0.15) is 95.6 Å². The van der Waals surface area contributed by atoms with Gasteiger partial charge in [0.05, 0.1) is 17.4 Å². The van der Waals surface area contributed by atoms with Crippen LogP contribution in [-0.2, 0) is 21.8 Å². The Hall–Kier alpha value is -2.26. The lowest BCUT2D eigenvalue weighted by molar-refractivity contribution is -0.0825. The van der Waals surface area contributed by atoms with Gasteiger partial charge in [0.1, 0.15) is 12.7 Å². The summed E-state index contributed by atoms with van der Waals surface area (Å²) in [6.45, 7) is 5.65. The molecule has 0 radical (unpaired) electrons. The lowest BCUT2D eigenvalue weighted by atomic mass is 9.78.